The topological polar surface area (TPSA) is 33.3 Å². The van der Waals surface area contributed by atoms with Crippen LogP contribution in [0.15, 0.2) is 12.1 Å². The lowest BCUT2D eigenvalue weighted by Gasteiger charge is -2.23. The molecule has 0 amide bonds. The number of rotatable bonds is 5. The molecule has 0 radical (unpaired) electrons. The third-order valence-electron chi connectivity index (χ3n) is 4.14. The summed E-state index contributed by atoms with van der Waals surface area (Å²) in [7, 11) is 1.74. The molecule has 3 heteroatoms. The van der Waals surface area contributed by atoms with Gasteiger partial charge in [0.1, 0.15) is 5.75 Å². The minimum Gasteiger partial charge on any atom is -0.495 e. The molecule has 0 unspecified atom stereocenters. The van der Waals surface area contributed by atoms with E-state index in [1.807, 2.05) is 0 Å². The first-order valence-corrected chi connectivity index (χ1v) is 7.30. The van der Waals surface area contributed by atoms with Gasteiger partial charge in [-0.3, -0.25) is 0 Å². The van der Waals surface area contributed by atoms with Gasteiger partial charge in [0.2, 0.25) is 0 Å². The van der Waals surface area contributed by atoms with Crippen LogP contribution in [0.1, 0.15) is 30.4 Å². The number of piperidine rings is 1. The molecule has 106 valence electrons. The summed E-state index contributed by atoms with van der Waals surface area (Å²) >= 11 is 0. The molecule has 2 N–H and O–H groups in total. The maximum Gasteiger partial charge on any atom is 0.142 e. The van der Waals surface area contributed by atoms with Crippen LogP contribution in [0.5, 0.6) is 5.75 Å². The van der Waals surface area contributed by atoms with Crippen molar-refractivity contribution in [2.75, 3.05) is 32.1 Å². The maximum atomic E-state index is 5.45. The highest BCUT2D eigenvalue weighted by Gasteiger charge is 2.13. The molecule has 1 fully saturated rings. The van der Waals surface area contributed by atoms with E-state index in [2.05, 4.69) is 36.6 Å². The van der Waals surface area contributed by atoms with E-state index >= 15 is 0 Å². The number of methoxy groups -OCH3 is 1. The molecule has 3 nitrogen and oxygen atoms in total. The number of hydrogen-bond acceptors (Lipinski definition) is 3. The van der Waals surface area contributed by atoms with Crippen LogP contribution in [0.2, 0.25) is 0 Å². The molecule has 1 aromatic carbocycles. The first-order valence-electron chi connectivity index (χ1n) is 7.30. The third kappa shape index (κ3) is 3.87. The van der Waals surface area contributed by atoms with Gasteiger partial charge in [0.25, 0.3) is 0 Å². The predicted octanol–water partition coefficient (Wildman–Crippen LogP) is 3.11. The molecule has 1 heterocycles. The molecule has 0 spiro atoms. The molecule has 0 atom stereocenters. The highest BCUT2D eigenvalue weighted by atomic mass is 16.5. The molecule has 0 bridgehead atoms. The summed E-state index contributed by atoms with van der Waals surface area (Å²) in [5.74, 6) is 1.82. The Balaban J connectivity index is 1.89. The zero-order valence-corrected chi connectivity index (χ0v) is 12.4. The van der Waals surface area contributed by atoms with Gasteiger partial charge in [-0.15, -0.1) is 0 Å². The molecular formula is C16H26N2O. The highest BCUT2D eigenvalue weighted by molar-refractivity contribution is 5.59. The Morgan fingerprint density at radius 2 is 1.89 bits per heavy atom. The first kappa shape index (κ1) is 14.2. The fourth-order valence-corrected chi connectivity index (χ4v) is 2.68. The maximum absolute atomic E-state index is 5.45. The van der Waals surface area contributed by atoms with E-state index in [1.54, 1.807) is 7.11 Å². The van der Waals surface area contributed by atoms with Gasteiger partial charge in [-0.05, 0) is 75.4 Å². The van der Waals surface area contributed by atoms with Crippen LogP contribution < -0.4 is 15.4 Å². The number of anilines is 1. The monoisotopic (exact) mass is 262 g/mol. The van der Waals surface area contributed by atoms with Crippen molar-refractivity contribution in [2.45, 2.75) is 33.1 Å². The Bertz CT molecular complexity index is 411. The Morgan fingerprint density at radius 1 is 1.21 bits per heavy atom. The lowest BCUT2D eigenvalue weighted by Crippen LogP contribution is -2.28. The van der Waals surface area contributed by atoms with Crippen LogP contribution in [-0.2, 0) is 0 Å². The molecule has 1 aliphatic rings. The van der Waals surface area contributed by atoms with Gasteiger partial charge in [-0.2, -0.15) is 0 Å². The summed E-state index contributed by atoms with van der Waals surface area (Å²) < 4.78 is 5.45. The van der Waals surface area contributed by atoms with Gasteiger partial charge >= 0.3 is 0 Å². The number of benzene rings is 1. The van der Waals surface area contributed by atoms with Crippen LogP contribution in [0.3, 0.4) is 0 Å². The Hall–Kier alpha value is -1.22. The van der Waals surface area contributed by atoms with Crippen molar-refractivity contribution in [3.8, 4) is 5.75 Å². The van der Waals surface area contributed by atoms with Crippen molar-refractivity contribution in [1.29, 1.82) is 0 Å². The standard InChI is InChI=1S/C16H26N2O/c1-12-10-15(16(19-3)11-13(12)2)18-9-6-14-4-7-17-8-5-14/h10-11,14,17-18H,4-9H2,1-3H3. The summed E-state index contributed by atoms with van der Waals surface area (Å²) in [6.45, 7) is 7.65. The Labute approximate surface area is 116 Å². The zero-order chi connectivity index (χ0) is 13.7. The van der Waals surface area contributed by atoms with E-state index in [-0.39, 0.29) is 0 Å². The van der Waals surface area contributed by atoms with E-state index < -0.39 is 0 Å². The summed E-state index contributed by atoms with van der Waals surface area (Å²) in [6, 6.07) is 4.30. The minimum atomic E-state index is 0.867. The summed E-state index contributed by atoms with van der Waals surface area (Å²) in [4.78, 5) is 0. The van der Waals surface area contributed by atoms with Crippen molar-refractivity contribution in [3.63, 3.8) is 0 Å². The summed E-state index contributed by atoms with van der Waals surface area (Å²) in [5, 5.41) is 6.95. The van der Waals surface area contributed by atoms with Crippen molar-refractivity contribution in [1.82, 2.24) is 5.32 Å². The smallest absolute Gasteiger partial charge is 0.142 e. The SMILES string of the molecule is COc1cc(C)c(C)cc1NCCC1CCNCC1. The fraction of sp³-hybridized carbons (Fsp3) is 0.625. The summed E-state index contributed by atoms with van der Waals surface area (Å²) in [5.41, 5.74) is 3.71. The minimum absolute atomic E-state index is 0.867. The predicted molar refractivity (Wildman–Crippen MR) is 81.2 cm³/mol. The molecule has 1 aromatic rings. The molecular weight excluding hydrogens is 236 g/mol. The highest BCUT2D eigenvalue weighted by Crippen LogP contribution is 2.28. The first-order chi connectivity index (χ1) is 9.20. The molecule has 2 rings (SSSR count). The van der Waals surface area contributed by atoms with Gasteiger partial charge in [0.15, 0.2) is 0 Å². The van der Waals surface area contributed by atoms with Crippen LogP contribution in [-0.4, -0.2) is 26.7 Å². The van der Waals surface area contributed by atoms with E-state index in [4.69, 9.17) is 4.74 Å². The fourth-order valence-electron chi connectivity index (χ4n) is 2.68. The number of nitrogens with one attached hydrogen (secondary N) is 2. The Morgan fingerprint density at radius 3 is 2.58 bits per heavy atom. The normalized spacial score (nSPS) is 16.4. The third-order valence-corrected chi connectivity index (χ3v) is 4.14. The van der Waals surface area contributed by atoms with E-state index in [1.165, 1.54) is 43.5 Å². The molecule has 0 aromatic heterocycles. The van der Waals surface area contributed by atoms with Crippen molar-refractivity contribution in [2.24, 2.45) is 5.92 Å². The number of aryl methyl sites for hydroxylation is 2. The largest absolute Gasteiger partial charge is 0.495 e. The number of ether oxygens (including phenoxy) is 1. The average Bonchev–Trinajstić information content (AvgIpc) is 2.43. The van der Waals surface area contributed by atoms with Crippen LogP contribution in [0, 0.1) is 19.8 Å². The van der Waals surface area contributed by atoms with Crippen LogP contribution in [0.4, 0.5) is 5.69 Å². The average molecular weight is 262 g/mol. The second-order valence-corrected chi connectivity index (χ2v) is 5.55. The van der Waals surface area contributed by atoms with Crippen LogP contribution in [0.25, 0.3) is 0 Å². The van der Waals surface area contributed by atoms with Gasteiger partial charge in [-0.25, -0.2) is 0 Å². The molecule has 0 saturated carbocycles. The molecule has 1 saturated heterocycles. The van der Waals surface area contributed by atoms with Crippen LogP contribution >= 0.6 is 0 Å². The second kappa shape index (κ2) is 6.80. The zero-order valence-electron chi connectivity index (χ0n) is 12.4. The molecule has 19 heavy (non-hydrogen) atoms. The molecule has 0 aliphatic carbocycles. The van der Waals surface area contributed by atoms with Gasteiger partial charge in [0.05, 0.1) is 12.8 Å². The molecule has 1 aliphatic heterocycles. The van der Waals surface area contributed by atoms with Gasteiger partial charge in [0, 0.05) is 6.54 Å². The van der Waals surface area contributed by atoms with Crippen molar-refractivity contribution < 1.29 is 4.74 Å². The lowest BCUT2D eigenvalue weighted by atomic mass is 9.95. The van der Waals surface area contributed by atoms with E-state index in [0.29, 0.717) is 0 Å². The summed E-state index contributed by atoms with van der Waals surface area (Å²) in [6.07, 6.45) is 3.87. The second-order valence-electron chi connectivity index (χ2n) is 5.55. The lowest BCUT2D eigenvalue weighted by molar-refractivity contribution is 0.360. The van der Waals surface area contributed by atoms with Crippen molar-refractivity contribution >= 4 is 5.69 Å². The van der Waals surface area contributed by atoms with E-state index in [9.17, 15) is 0 Å². The number of hydrogen-bond donors (Lipinski definition) is 2. The Kier molecular flexibility index (Phi) is 5.08. The van der Waals surface area contributed by atoms with Gasteiger partial charge < -0.3 is 15.4 Å². The quantitative estimate of drug-likeness (QED) is 0.855. The van der Waals surface area contributed by atoms with Gasteiger partial charge in [-0.1, -0.05) is 0 Å². The van der Waals surface area contributed by atoms with E-state index in [0.717, 1.165) is 23.9 Å². The van der Waals surface area contributed by atoms with Crippen molar-refractivity contribution in [3.05, 3.63) is 23.3 Å².